The summed E-state index contributed by atoms with van der Waals surface area (Å²) in [6, 6.07) is 13.7. The average molecular weight is 365 g/mol. The molecule has 0 radical (unpaired) electrons. The van der Waals surface area contributed by atoms with Crippen LogP contribution in [-0.2, 0) is 0 Å². The van der Waals surface area contributed by atoms with Crippen molar-refractivity contribution in [2.24, 2.45) is 0 Å². The van der Waals surface area contributed by atoms with Crippen molar-refractivity contribution in [1.29, 1.82) is 0 Å². The van der Waals surface area contributed by atoms with E-state index < -0.39 is 5.97 Å². The maximum atomic E-state index is 11.1. The van der Waals surface area contributed by atoms with Crippen molar-refractivity contribution in [2.75, 3.05) is 31.1 Å². The number of anilines is 1. The summed E-state index contributed by atoms with van der Waals surface area (Å²) in [5.41, 5.74) is 2.58. The molecular formula is C18H21ClN2O2S. The van der Waals surface area contributed by atoms with Crippen molar-refractivity contribution >= 4 is 35.8 Å². The van der Waals surface area contributed by atoms with Gasteiger partial charge in [-0.2, -0.15) is 0 Å². The van der Waals surface area contributed by atoms with E-state index in [1.165, 1.54) is 10.6 Å². The van der Waals surface area contributed by atoms with Crippen LogP contribution in [0.2, 0.25) is 0 Å². The van der Waals surface area contributed by atoms with Crippen LogP contribution in [-0.4, -0.2) is 37.3 Å². The van der Waals surface area contributed by atoms with Gasteiger partial charge in [-0.25, -0.2) is 4.79 Å². The zero-order valence-corrected chi connectivity index (χ0v) is 15.1. The quantitative estimate of drug-likeness (QED) is 0.866. The van der Waals surface area contributed by atoms with Gasteiger partial charge in [0, 0.05) is 36.0 Å². The van der Waals surface area contributed by atoms with E-state index in [0.717, 1.165) is 36.6 Å². The van der Waals surface area contributed by atoms with Crippen molar-refractivity contribution < 1.29 is 9.90 Å². The lowest BCUT2D eigenvalue weighted by atomic mass is 10.1. The van der Waals surface area contributed by atoms with Crippen LogP contribution in [0.4, 0.5) is 5.69 Å². The van der Waals surface area contributed by atoms with E-state index in [2.05, 4.69) is 34.5 Å². The number of benzene rings is 2. The first-order chi connectivity index (χ1) is 11.1. The third-order valence-corrected chi connectivity index (χ3v) is 5.21. The molecule has 0 unspecified atom stereocenters. The molecule has 0 bridgehead atoms. The molecule has 0 aromatic heterocycles. The second-order valence-corrected chi connectivity index (χ2v) is 6.68. The van der Waals surface area contributed by atoms with Gasteiger partial charge in [-0.05, 0) is 42.8 Å². The van der Waals surface area contributed by atoms with Gasteiger partial charge in [-0.3, -0.25) is 0 Å². The molecule has 3 rings (SSSR count). The number of aromatic carboxylic acids is 1. The highest BCUT2D eigenvalue weighted by atomic mass is 35.5. The molecule has 1 heterocycles. The van der Waals surface area contributed by atoms with Crippen LogP contribution in [0.25, 0.3) is 0 Å². The highest BCUT2D eigenvalue weighted by Crippen LogP contribution is 2.37. The predicted octanol–water partition coefficient (Wildman–Crippen LogP) is 3.68. The Morgan fingerprint density at radius 1 is 1.12 bits per heavy atom. The number of halogens is 1. The molecule has 0 saturated carbocycles. The molecule has 2 N–H and O–H groups in total. The number of carboxylic acid groups (broad SMARTS) is 1. The van der Waals surface area contributed by atoms with Gasteiger partial charge in [0.15, 0.2) is 0 Å². The average Bonchev–Trinajstić information content (AvgIpc) is 2.58. The van der Waals surface area contributed by atoms with Crippen molar-refractivity contribution in [3.05, 3.63) is 53.6 Å². The van der Waals surface area contributed by atoms with Crippen LogP contribution >= 0.6 is 24.2 Å². The molecular weight excluding hydrogens is 344 g/mol. The van der Waals surface area contributed by atoms with Crippen molar-refractivity contribution in [3.63, 3.8) is 0 Å². The van der Waals surface area contributed by atoms with Gasteiger partial charge >= 0.3 is 5.97 Å². The first-order valence-corrected chi connectivity index (χ1v) is 8.53. The summed E-state index contributed by atoms with van der Waals surface area (Å²) in [6.07, 6.45) is 0. The Kier molecular flexibility index (Phi) is 6.54. The molecule has 128 valence electrons. The number of nitrogens with one attached hydrogen (secondary N) is 1. The molecule has 0 aliphatic carbocycles. The fourth-order valence-corrected chi connectivity index (χ4v) is 3.77. The number of carbonyl (C=O) groups is 1. The van der Waals surface area contributed by atoms with Crippen LogP contribution in [0.3, 0.4) is 0 Å². The number of para-hydroxylation sites is 1. The minimum Gasteiger partial charge on any atom is -0.478 e. The fraction of sp³-hybridized carbons (Fsp3) is 0.278. The van der Waals surface area contributed by atoms with Gasteiger partial charge in [-0.1, -0.05) is 23.9 Å². The third kappa shape index (κ3) is 4.23. The molecule has 2 aromatic carbocycles. The molecule has 24 heavy (non-hydrogen) atoms. The summed E-state index contributed by atoms with van der Waals surface area (Å²) in [5, 5.41) is 12.5. The second-order valence-electron chi connectivity index (χ2n) is 5.59. The third-order valence-electron chi connectivity index (χ3n) is 3.96. The van der Waals surface area contributed by atoms with E-state index >= 15 is 0 Å². The Hall–Kier alpha value is -1.69. The Labute approximate surface area is 152 Å². The topological polar surface area (TPSA) is 52.6 Å². The Bertz CT molecular complexity index is 718. The number of rotatable bonds is 4. The van der Waals surface area contributed by atoms with Crippen LogP contribution in [0.5, 0.6) is 0 Å². The molecule has 1 aliphatic rings. The summed E-state index contributed by atoms with van der Waals surface area (Å²) in [6.45, 7) is 5.99. The normalized spacial score (nSPS) is 14.1. The molecule has 0 atom stereocenters. The molecule has 1 saturated heterocycles. The van der Waals surface area contributed by atoms with E-state index in [4.69, 9.17) is 5.11 Å². The van der Waals surface area contributed by atoms with Gasteiger partial charge in [0.05, 0.1) is 11.3 Å². The molecule has 4 nitrogen and oxygen atoms in total. The maximum Gasteiger partial charge on any atom is 0.335 e. The summed E-state index contributed by atoms with van der Waals surface area (Å²) in [7, 11) is 0. The second kappa shape index (κ2) is 8.42. The van der Waals surface area contributed by atoms with E-state index in [9.17, 15) is 4.79 Å². The van der Waals surface area contributed by atoms with Crippen molar-refractivity contribution in [3.8, 4) is 0 Å². The lowest BCUT2D eigenvalue weighted by molar-refractivity contribution is 0.0696. The molecule has 0 spiro atoms. The number of hydrogen-bond acceptors (Lipinski definition) is 4. The largest absolute Gasteiger partial charge is 0.478 e. The summed E-state index contributed by atoms with van der Waals surface area (Å²) < 4.78 is 0. The zero-order chi connectivity index (χ0) is 16.2. The predicted molar refractivity (Wildman–Crippen MR) is 101 cm³/mol. The molecule has 2 aromatic rings. The Morgan fingerprint density at radius 3 is 2.50 bits per heavy atom. The number of hydrogen-bond donors (Lipinski definition) is 2. The van der Waals surface area contributed by atoms with E-state index in [1.54, 1.807) is 23.9 Å². The lowest BCUT2D eigenvalue weighted by Crippen LogP contribution is -2.43. The molecule has 1 aliphatic heterocycles. The summed E-state index contributed by atoms with van der Waals surface area (Å²) in [4.78, 5) is 15.8. The fourth-order valence-electron chi connectivity index (χ4n) is 2.73. The van der Waals surface area contributed by atoms with Gasteiger partial charge in [-0.15, -0.1) is 12.4 Å². The van der Waals surface area contributed by atoms with E-state index in [0.29, 0.717) is 5.56 Å². The smallest absolute Gasteiger partial charge is 0.335 e. The van der Waals surface area contributed by atoms with Crippen LogP contribution in [0.15, 0.2) is 52.3 Å². The van der Waals surface area contributed by atoms with Gasteiger partial charge in [0.1, 0.15) is 0 Å². The summed E-state index contributed by atoms with van der Waals surface area (Å²) >= 11 is 1.70. The van der Waals surface area contributed by atoms with E-state index in [1.807, 2.05) is 13.0 Å². The van der Waals surface area contributed by atoms with Gasteiger partial charge in [0.2, 0.25) is 0 Å². The summed E-state index contributed by atoms with van der Waals surface area (Å²) in [5.74, 6) is -0.883. The number of aryl methyl sites for hydroxylation is 1. The Balaban J connectivity index is 0.00000208. The number of carboxylic acids is 1. The van der Waals surface area contributed by atoms with E-state index in [-0.39, 0.29) is 12.4 Å². The zero-order valence-electron chi connectivity index (χ0n) is 13.5. The Morgan fingerprint density at radius 2 is 1.83 bits per heavy atom. The minimum absolute atomic E-state index is 0. The van der Waals surface area contributed by atoms with Crippen LogP contribution in [0, 0.1) is 6.92 Å². The molecule has 1 fully saturated rings. The highest BCUT2D eigenvalue weighted by molar-refractivity contribution is 7.99. The first-order valence-electron chi connectivity index (χ1n) is 7.71. The monoisotopic (exact) mass is 364 g/mol. The maximum absolute atomic E-state index is 11.1. The number of piperazine rings is 1. The highest BCUT2D eigenvalue weighted by Gasteiger charge is 2.15. The van der Waals surface area contributed by atoms with Crippen LogP contribution in [0.1, 0.15) is 15.9 Å². The van der Waals surface area contributed by atoms with Gasteiger partial charge in [0.25, 0.3) is 0 Å². The number of nitrogens with zero attached hydrogens (tertiary/aromatic N) is 1. The lowest BCUT2D eigenvalue weighted by Gasteiger charge is -2.31. The standard InChI is InChI=1S/C18H20N2O2S.ClH/c1-13-12-14(18(21)22)6-7-16(13)23-17-5-3-2-4-15(17)20-10-8-19-9-11-20;/h2-7,12,19H,8-11H2,1H3,(H,21,22);1H. The van der Waals surface area contributed by atoms with Crippen molar-refractivity contribution in [1.82, 2.24) is 5.32 Å². The minimum atomic E-state index is -0.883. The molecule has 6 heteroatoms. The van der Waals surface area contributed by atoms with Crippen LogP contribution < -0.4 is 10.2 Å². The van der Waals surface area contributed by atoms with Gasteiger partial charge < -0.3 is 15.3 Å². The first kappa shape index (κ1) is 18.6. The molecule has 0 amide bonds. The van der Waals surface area contributed by atoms with Crippen molar-refractivity contribution in [2.45, 2.75) is 16.7 Å². The SMILES string of the molecule is Cc1cc(C(=O)O)ccc1Sc1ccccc1N1CCNCC1.Cl.